The summed E-state index contributed by atoms with van der Waals surface area (Å²) in [7, 11) is 0. The monoisotopic (exact) mass is 318 g/mol. The number of rotatable bonds is 3. The molecule has 3 nitrogen and oxygen atoms in total. The molecule has 0 radical (unpaired) electrons. The summed E-state index contributed by atoms with van der Waals surface area (Å²) in [4.78, 5) is 3.46. The van der Waals surface area contributed by atoms with Crippen molar-refractivity contribution in [3.63, 3.8) is 0 Å². The third-order valence-corrected chi connectivity index (χ3v) is 4.85. The number of benzene rings is 2. The molecular weight excluding hydrogens is 296 g/mol. The number of aliphatic hydroxyl groups excluding tert-OH is 1. The highest BCUT2D eigenvalue weighted by Gasteiger charge is 2.19. The molecule has 0 saturated heterocycles. The molecule has 0 bridgehead atoms. The molecule has 1 unspecified atom stereocenters. The summed E-state index contributed by atoms with van der Waals surface area (Å²) in [6.45, 7) is 2.12. The van der Waals surface area contributed by atoms with E-state index in [0.717, 1.165) is 36.5 Å². The van der Waals surface area contributed by atoms with E-state index < -0.39 is 0 Å². The quantitative estimate of drug-likeness (QED) is 0.662. The largest absolute Gasteiger partial charge is 0.393 e. The van der Waals surface area contributed by atoms with E-state index in [-0.39, 0.29) is 6.10 Å². The van der Waals surface area contributed by atoms with Gasteiger partial charge in [0.1, 0.15) is 5.82 Å². The highest BCUT2D eigenvalue weighted by atomic mass is 16.3. The van der Waals surface area contributed by atoms with Gasteiger partial charge in [0.2, 0.25) is 0 Å². The number of aromatic amines is 1. The molecule has 3 heteroatoms. The predicted octanol–water partition coefficient (Wildman–Crippen LogP) is 4.58. The van der Waals surface area contributed by atoms with Crippen molar-refractivity contribution in [1.29, 1.82) is 0 Å². The molecule has 0 fully saturated rings. The molecule has 1 aliphatic carbocycles. The van der Waals surface area contributed by atoms with Crippen molar-refractivity contribution in [2.24, 2.45) is 0 Å². The zero-order chi connectivity index (χ0) is 16.5. The highest BCUT2D eigenvalue weighted by molar-refractivity contribution is 5.70. The molecular formula is C21H22N2O. The zero-order valence-corrected chi connectivity index (χ0v) is 13.8. The fraction of sp³-hybridized carbons (Fsp3) is 0.238. The Morgan fingerprint density at radius 1 is 1.04 bits per heavy atom. The van der Waals surface area contributed by atoms with Gasteiger partial charge in [-0.3, -0.25) is 0 Å². The molecule has 3 aromatic rings. The lowest BCUT2D eigenvalue weighted by molar-refractivity contribution is 0.159. The molecule has 1 aliphatic rings. The number of anilines is 2. The summed E-state index contributed by atoms with van der Waals surface area (Å²) in [5.41, 5.74) is 7.26. The molecule has 1 aromatic heterocycles. The molecule has 0 spiro atoms. The average Bonchev–Trinajstić information content (AvgIpc) is 3.04. The summed E-state index contributed by atoms with van der Waals surface area (Å²) in [6, 6.07) is 18.9. The van der Waals surface area contributed by atoms with Gasteiger partial charge in [-0.1, -0.05) is 36.4 Å². The second-order valence-corrected chi connectivity index (χ2v) is 6.57. The number of hydrogen-bond acceptors (Lipinski definition) is 2. The van der Waals surface area contributed by atoms with Gasteiger partial charge in [0.05, 0.1) is 6.10 Å². The van der Waals surface area contributed by atoms with Gasteiger partial charge in [0.15, 0.2) is 0 Å². The molecule has 1 atom stereocenters. The van der Waals surface area contributed by atoms with Crippen molar-refractivity contribution in [2.45, 2.75) is 32.3 Å². The van der Waals surface area contributed by atoms with E-state index in [1.54, 1.807) is 0 Å². The van der Waals surface area contributed by atoms with Crippen molar-refractivity contribution in [3.05, 3.63) is 71.3 Å². The van der Waals surface area contributed by atoms with Gasteiger partial charge in [-0.15, -0.1) is 0 Å². The summed E-state index contributed by atoms with van der Waals surface area (Å²) >= 11 is 0. The van der Waals surface area contributed by atoms with Crippen LogP contribution in [-0.2, 0) is 12.8 Å². The Morgan fingerprint density at radius 3 is 2.79 bits per heavy atom. The van der Waals surface area contributed by atoms with Crippen molar-refractivity contribution < 1.29 is 5.11 Å². The van der Waals surface area contributed by atoms with Gasteiger partial charge in [0, 0.05) is 23.4 Å². The van der Waals surface area contributed by atoms with Crippen molar-refractivity contribution >= 4 is 11.5 Å². The van der Waals surface area contributed by atoms with E-state index in [4.69, 9.17) is 0 Å². The van der Waals surface area contributed by atoms with Gasteiger partial charge in [0.25, 0.3) is 0 Å². The van der Waals surface area contributed by atoms with E-state index in [1.165, 1.54) is 22.3 Å². The Labute approximate surface area is 142 Å². The lowest BCUT2D eigenvalue weighted by Crippen LogP contribution is -2.19. The second kappa shape index (κ2) is 6.17. The third kappa shape index (κ3) is 2.83. The van der Waals surface area contributed by atoms with E-state index in [0.29, 0.717) is 0 Å². The first-order valence-electron chi connectivity index (χ1n) is 8.51. The van der Waals surface area contributed by atoms with Crippen molar-refractivity contribution in [2.75, 3.05) is 5.32 Å². The number of aromatic nitrogens is 1. The Bertz CT molecular complexity index is 866. The van der Waals surface area contributed by atoms with Crippen LogP contribution in [0.3, 0.4) is 0 Å². The third-order valence-electron chi connectivity index (χ3n) is 4.85. The fourth-order valence-corrected chi connectivity index (χ4v) is 3.53. The topological polar surface area (TPSA) is 48.0 Å². The van der Waals surface area contributed by atoms with Crippen LogP contribution in [0.15, 0.2) is 54.6 Å². The summed E-state index contributed by atoms with van der Waals surface area (Å²) in [6.07, 6.45) is 2.30. The lowest BCUT2D eigenvalue weighted by atomic mass is 9.88. The molecule has 3 N–H and O–H groups in total. The lowest BCUT2D eigenvalue weighted by Gasteiger charge is -2.23. The minimum absolute atomic E-state index is 0.230. The Kier molecular flexibility index (Phi) is 3.87. The molecule has 0 aliphatic heterocycles. The van der Waals surface area contributed by atoms with Gasteiger partial charge in [-0.05, 0) is 54.7 Å². The van der Waals surface area contributed by atoms with E-state index in [2.05, 4.69) is 71.8 Å². The number of aliphatic hydroxyl groups is 1. The second-order valence-electron chi connectivity index (χ2n) is 6.57. The van der Waals surface area contributed by atoms with Gasteiger partial charge < -0.3 is 15.4 Å². The number of nitrogens with one attached hydrogen (secondary N) is 2. The summed E-state index contributed by atoms with van der Waals surface area (Å²) in [5, 5.41) is 13.5. The Balaban J connectivity index is 1.63. The van der Waals surface area contributed by atoms with Crippen LogP contribution in [0.1, 0.15) is 23.1 Å². The first kappa shape index (κ1) is 15.0. The van der Waals surface area contributed by atoms with Crippen LogP contribution in [0.2, 0.25) is 0 Å². The molecule has 24 heavy (non-hydrogen) atoms. The Hall–Kier alpha value is -2.52. The van der Waals surface area contributed by atoms with Crippen LogP contribution in [0, 0.1) is 6.92 Å². The standard InChI is InChI=1S/C21H22N2O/c1-14-5-2-3-7-17(14)20-11-12-21(23-20)22-19-8-4-6-15-9-10-16(24)13-18(15)19/h2-8,11-12,16,22-24H,9-10,13H2,1H3. The maximum absolute atomic E-state index is 9.99. The first-order valence-corrected chi connectivity index (χ1v) is 8.51. The van der Waals surface area contributed by atoms with Crippen molar-refractivity contribution in [3.8, 4) is 11.3 Å². The van der Waals surface area contributed by atoms with Crippen LogP contribution in [0.5, 0.6) is 0 Å². The SMILES string of the molecule is Cc1ccccc1-c1ccc(Nc2cccc3c2CC(O)CC3)[nH]1. The van der Waals surface area contributed by atoms with Gasteiger partial charge in [-0.2, -0.15) is 0 Å². The zero-order valence-electron chi connectivity index (χ0n) is 13.8. The molecule has 1 heterocycles. The van der Waals surface area contributed by atoms with Crippen LogP contribution >= 0.6 is 0 Å². The minimum atomic E-state index is -0.230. The number of hydrogen-bond donors (Lipinski definition) is 3. The van der Waals surface area contributed by atoms with Crippen LogP contribution in [0.25, 0.3) is 11.3 Å². The molecule has 122 valence electrons. The number of fused-ring (bicyclic) bond motifs is 1. The smallest absolute Gasteiger partial charge is 0.108 e. The number of aryl methyl sites for hydroxylation is 2. The summed E-state index contributed by atoms with van der Waals surface area (Å²) < 4.78 is 0. The van der Waals surface area contributed by atoms with Gasteiger partial charge >= 0.3 is 0 Å². The fourth-order valence-electron chi connectivity index (χ4n) is 3.53. The maximum atomic E-state index is 9.99. The predicted molar refractivity (Wildman–Crippen MR) is 98.7 cm³/mol. The van der Waals surface area contributed by atoms with E-state index in [1.807, 2.05) is 0 Å². The van der Waals surface area contributed by atoms with Crippen molar-refractivity contribution in [1.82, 2.24) is 4.98 Å². The van der Waals surface area contributed by atoms with Crippen LogP contribution in [-0.4, -0.2) is 16.2 Å². The first-order chi connectivity index (χ1) is 11.7. The minimum Gasteiger partial charge on any atom is -0.393 e. The molecule has 0 saturated carbocycles. The highest BCUT2D eigenvalue weighted by Crippen LogP contribution is 2.31. The van der Waals surface area contributed by atoms with E-state index >= 15 is 0 Å². The van der Waals surface area contributed by atoms with Crippen LogP contribution in [0.4, 0.5) is 11.5 Å². The number of H-pyrrole nitrogens is 1. The average molecular weight is 318 g/mol. The molecule has 4 rings (SSSR count). The Morgan fingerprint density at radius 2 is 1.92 bits per heavy atom. The summed E-state index contributed by atoms with van der Waals surface area (Å²) in [5.74, 6) is 0.974. The van der Waals surface area contributed by atoms with Crippen LogP contribution < -0.4 is 5.32 Å². The maximum Gasteiger partial charge on any atom is 0.108 e. The molecule has 0 amide bonds. The molecule has 2 aromatic carbocycles. The van der Waals surface area contributed by atoms with Gasteiger partial charge in [-0.25, -0.2) is 0 Å². The normalized spacial score (nSPS) is 16.7. The van der Waals surface area contributed by atoms with E-state index in [9.17, 15) is 5.11 Å².